The molecular weight excluding hydrogens is 245 g/mol. The van der Waals surface area contributed by atoms with E-state index in [2.05, 4.69) is 5.32 Å². The van der Waals surface area contributed by atoms with Gasteiger partial charge in [0.1, 0.15) is 0 Å². The summed E-state index contributed by atoms with van der Waals surface area (Å²) in [5.41, 5.74) is 0.708. The number of aliphatic hydroxyl groups is 1. The van der Waals surface area contributed by atoms with Crippen molar-refractivity contribution in [1.82, 2.24) is 5.32 Å². The molecule has 0 heterocycles. The average Bonchev–Trinajstić information content (AvgIpc) is 2.17. The van der Waals surface area contributed by atoms with Crippen LogP contribution in [0.3, 0.4) is 0 Å². The summed E-state index contributed by atoms with van der Waals surface area (Å²) in [6.45, 7) is 4.10. The first-order valence-corrected chi connectivity index (χ1v) is 6.03. The molecule has 2 unspecified atom stereocenters. The van der Waals surface area contributed by atoms with Crippen molar-refractivity contribution in [3.8, 4) is 0 Å². The zero-order valence-corrected chi connectivity index (χ0v) is 11.2. The Balaban J connectivity index is 2.99. The second-order valence-corrected chi connectivity index (χ2v) is 5.01. The third kappa shape index (κ3) is 3.11. The molecule has 1 aromatic carbocycles. The van der Waals surface area contributed by atoms with Gasteiger partial charge in [0.2, 0.25) is 0 Å². The predicted molar refractivity (Wildman–Crippen MR) is 69.1 cm³/mol. The fourth-order valence-corrected chi connectivity index (χ4v) is 2.31. The highest BCUT2D eigenvalue weighted by molar-refractivity contribution is 6.35. The highest BCUT2D eigenvalue weighted by Crippen LogP contribution is 2.29. The lowest BCUT2D eigenvalue weighted by molar-refractivity contribution is 0.110. The number of halogens is 2. The van der Waals surface area contributed by atoms with Crippen LogP contribution in [0.1, 0.15) is 25.5 Å². The number of hydrogen-bond acceptors (Lipinski definition) is 2. The molecule has 2 nitrogen and oxygen atoms in total. The van der Waals surface area contributed by atoms with Gasteiger partial charge in [-0.15, -0.1) is 0 Å². The van der Waals surface area contributed by atoms with Crippen molar-refractivity contribution in [2.75, 3.05) is 7.05 Å². The molecule has 1 aromatic rings. The second-order valence-electron chi connectivity index (χ2n) is 4.17. The van der Waals surface area contributed by atoms with Gasteiger partial charge < -0.3 is 10.4 Å². The molecule has 2 N–H and O–H groups in total. The first-order chi connectivity index (χ1) is 7.47. The van der Waals surface area contributed by atoms with Gasteiger partial charge in [0.15, 0.2) is 0 Å². The lowest BCUT2D eigenvalue weighted by atomic mass is 9.93. The lowest BCUT2D eigenvalue weighted by Gasteiger charge is -2.26. The van der Waals surface area contributed by atoms with Crippen molar-refractivity contribution < 1.29 is 5.11 Å². The van der Waals surface area contributed by atoms with E-state index >= 15 is 0 Å². The highest BCUT2D eigenvalue weighted by atomic mass is 35.5. The molecular formula is C12H17Cl2NO. The molecule has 90 valence electrons. The summed E-state index contributed by atoms with van der Waals surface area (Å²) < 4.78 is 0. The van der Waals surface area contributed by atoms with E-state index < -0.39 is 6.10 Å². The zero-order valence-electron chi connectivity index (χ0n) is 9.67. The SMILES string of the molecule is CNC(C(C)C)C(O)c1ccc(Cl)cc1Cl. The maximum absolute atomic E-state index is 10.2. The maximum atomic E-state index is 10.2. The van der Waals surface area contributed by atoms with Gasteiger partial charge in [0, 0.05) is 21.7 Å². The highest BCUT2D eigenvalue weighted by Gasteiger charge is 2.24. The molecule has 4 heteroatoms. The van der Waals surface area contributed by atoms with E-state index in [1.165, 1.54) is 0 Å². The molecule has 0 saturated heterocycles. The minimum absolute atomic E-state index is 0.0290. The smallest absolute Gasteiger partial charge is 0.0959 e. The summed E-state index contributed by atoms with van der Waals surface area (Å²) in [4.78, 5) is 0. The van der Waals surface area contributed by atoms with Crippen molar-refractivity contribution >= 4 is 23.2 Å². The van der Waals surface area contributed by atoms with Gasteiger partial charge >= 0.3 is 0 Å². The van der Waals surface area contributed by atoms with Gasteiger partial charge in [-0.1, -0.05) is 43.1 Å². The van der Waals surface area contributed by atoms with E-state index in [1.54, 1.807) is 18.2 Å². The fraction of sp³-hybridized carbons (Fsp3) is 0.500. The van der Waals surface area contributed by atoms with E-state index in [0.29, 0.717) is 21.5 Å². The average molecular weight is 262 g/mol. The van der Waals surface area contributed by atoms with Crippen LogP contribution in [0.2, 0.25) is 10.0 Å². The molecule has 16 heavy (non-hydrogen) atoms. The Hall–Kier alpha value is -0.280. The Bertz CT molecular complexity index is 355. The molecule has 0 aliphatic carbocycles. The number of likely N-dealkylation sites (N-methyl/N-ethyl adjacent to an activating group) is 1. The summed E-state index contributed by atoms with van der Waals surface area (Å²) in [5.74, 6) is 0.312. The van der Waals surface area contributed by atoms with Crippen LogP contribution in [0.4, 0.5) is 0 Å². The van der Waals surface area contributed by atoms with Gasteiger partial charge in [-0.05, 0) is 25.1 Å². The molecule has 0 aliphatic heterocycles. The van der Waals surface area contributed by atoms with Crippen molar-refractivity contribution in [1.29, 1.82) is 0 Å². The minimum Gasteiger partial charge on any atom is -0.387 e. The standard InChI is InChI=1S/C12H17Cl2NO/c1-7(2)11(15-3)12(16)9-5-4-8(13)6-10(9)14/h4-7,11-12,15-16H,1-3H3. The van der Waals surface area contributed by atoms with Gasteiger partial charge in [-0.25, -0.2) is 0 Å². The van der Waals surface area contributed by atoms with Gasteiger partial charge in [0.05, 0.1) is 6.10 Å². The zero-order chi connectivity index (χ0) is 12.3. The van der Waals surface area contributed by atoms with Crippen LogP contribution in [-0.4, -0.2) is 18.2 Å². The number of hydrogen-bond donors (Lipinski definition) is 2. The summed E-state index contributed by atoms with van der Waals surface area (Å²) in [6, 6.07) is 5.12. The second kappa shape index (κ2) is 5.87. The van der Waals surface area contributed by atoms with E-state index in [4.69, 9.17) is 23.2 Å². The van der Waals surface area contributed by atoms with Crippen molar-refractivity contribution in [3.63, 3.8) is 0 Å². The first kappa shape index (κ1) is 13.8. The Kier molecular flexibility index (Phi) is 5.06. The third-order valence-electron chi connectivity index (χ3n) is 2.67. The van der Waals surface area contributed by atoms with Crippen LogP contribution >= 0.6 is 23.2 Å². The van der Waals surface area contributed by atoms with Gasteiger partial charge in [0.25, 0.3) is 0 Å². The van der Waals surface area contributed by atoms with Crippen LogP contribution < -0.4 is 5.32 Å². The van der Waals surface area contributed by atoms with E-state index in [0.717, 1.165) is 0 Å². The van der Waals surface area contributed by atoms with Crippen LogP contribution in [0.25, 0.3) is 0 Å². The molecule has 0 spiro atoms. The molecule has 0 saturated carbocycles. The Morgan fingerprint density at radius 2 is 1.88 bits per heavy atom. The molecule has 0 aromatic heterocycles. The predicted octanol–water partition coefficient (Wildman–Crippen LogP) is 3.27. The van der Waals surface area contributed by atoms with E-state index in [-0.39, 0.29) is 6.04 Å². The van der Waals surface area contributed by atoms with Crippen molar-refractivity contribution in [3.05, 3.63) is 33.8 Å². The van der Waals surface area contributed by atoms with E-state index in [9.17, 15) is 5.11 Å². The minimum atomic E-state index is -0.630. The van der Waals surface area contributed by atoms with Crippen molar-refractivity contribution in [2.24, 2.45) is 5.92 Å². The largest absolute Gasteiger partial charge is 0.387 e. The first-order valence-electron chi connectivity index (χ1n) is 5.27. The maximum Gasteiger partial charge on any atom is 0.0959 e. The normalized spacial score (nSPS) is 15.2. The number of benzene rings is 1. The van der Waals surface area contributed by atoms with Crippen LogP contribution in [0.15, 0.2) is 18.2 Å². The van der Waals surface area contributed by atoms with Crippen LogP contribution in [0.5, 0.6) is 0 Å². The summed E-state index contributed by atoms with van der Waals surface area (Å²) in [6.07, 6.45) is -0.630. The molecule has 0 radical (unpaired) electrons. The van der Waals surface area contributed by atoms with Gasteiger partial charge in [-0.2, -0.15) is 0 Å². The number of rotatable bonds is 4. The van der Waals surface area contributed by atoms with Gasteiger partial charge in [-0.3, -0.25) is 0 Å². The monoisotopic (exact) mass is 261 g/mol. The number of aliphatic hydroxyl groups excluding tert-OH is 1. The molecule has 1 rings (SSSR count). The fourth-order valence-electron chi connectivity index (χ4n) is 1.79. The molecule has 0 amide bonds. The van der Waals surface area contributed by atoms with Crippen LogP contribution in [-0.2, 0) is 0 Å². The molecule has 0 fully saturated rings. The summed E-state index contributed by atoms with van der Waals surface area (Å²) in [5, 5.41) is 14.4. The quantitative estimate of drug-likeness (QED) is 0.872. The molecule has 2 atom stereocenters. The Morgan fingerprint density at radius 1 is 1.25 bits per heavy atom. The summed E-state index contributed by atoms with van der Waals surface area (Å²) in [7, 11) is 1.83. The van der Waals surface area contributed by atoms with E-state index in [1.807, 2.05) is 20.9 Å². The molecule has 0 aliphatic rings. The third-order valence-corrected chi connectivity index (χ3v) is 3.24. The topological polar surface area (TPSA) is 32.3 Å². The van der Waals surface area contributed by atoms with Crippen molar-refractivity contribution in [2.45, 2.75) is 26.0 Å². The number of nitrogens with one attached hydrogen (secondary N) is 1. The lowest BCUT2D eigenvalue weighted by Crippen LogP contribution is -2.36. The van der Waals surface area contributed by atoms with Crippen LogP contribution in [0, 0.1) is 5.92 Å². The Morgan fingerprint density at radius 3 is 2.31 bits per heavy atom. The summed E-state index contributed by atoms with van der Waals surface area (Å²) >= 11 is 11.9. The molecule has 0 bridgehead atoms. The Labute approximate surface area is 107 Å².